The second kappa shape index (κ2) is 2.44. The smallest absolute Gasteiger partial charge is 0.250 e. The van der Waals surface area contributed by atoms with Crippen molar-refractivity contribution in [3.05, 3.63) is 0 Å². The molecule has 0 aromatic rings. The Labute approximate surface area is 77.4 Å². The van der Waals surface area contributed by atoms with E-state index in [2.05, 4.69) is 0 Å². The topological polar surface area (TPSA) is 52.3 Å². The number of amides is 1. The van der Waals surface area contributed by atoms with Gasteiger partial charge in [-0.2, -0.15) is 0 Å². The Balaban J connectivity index is 3.05. The van der Waals surface area contributed by atoms with Gasteiger partial charge in [0.15, 0.2) is 12.5 Å². The van der Waals surface area contributed by atoms with Crippen molar-refractivity contribution in [2.24, 2.45) is 16.6 Å². The summed E-state index contributed by atoms with van der Waals surface area (Å²) in [7, 11) is 0. The van der Waals surface area contributed by atoms with E-state index in [1.807, 2.05) is 27.7 Å². The Morgan fingerprint density at radius 3 is 1.77 bits per heavy atom. The maximum absolute atomic E-state index is 12.1. The molecule has 0 aromatic carbocycles. The number of hydrogen-bond donors (Lipinski definition) is 1. The molecular weight excluding hydrogens is 173 g/mol. The highest BCUT2D eigenvalue weighted by Gasteiger charge is 2.82. The van der Waals surface area contributed by atoms with Crippen LogP contribution in [0.25, 0.3) is 0 Å². The molecule has 1 fully saturated rings. The molecule has 0 aromatic heterocycles. The minimum absolute atomic E-state index is 0.405. The lowest BCUT2D eigenvalue weighted by Gasteiger charge is -2.16. The molecule has 1 rings (SSSR count). The molecule has 0 aliphatic heterocycles. The summed E-state index contributed by atoms with van der Waals surface area (Å²) < 4.78 is 17.0. The number of ether oxygens (including phenoxy) is 1. The molecule has 1 aliphatic rings. The zero-order valence-electron chi connectivity index (χ0n) is 8.48. The third-order valence-corrected chi connectivity index (χ3v) is 3.88. The summed E-state index contributed by atoms with van der Waals surface area (Å²) in [5, 5.41) is 0. The molecule has 1 saturated carbocycles. The van der Waals surface area contributed by atoms with Crippen LogP contribution in [0, 0.1) is 10.8 Å². The highest BCUT2D eigenvalue weighted by atomic mass is 19.1. The van der Waals surface area contributed by atoms with E-state index < -0.39 is 29.2 Å². The second-order valence-corrected chi connectivity index (χ2v) is 4.55. The Morgan fingerprint density at radius 1 is 1.31 bits per heavy atom. The zero-order chi connectivity index (χ0) is 10.5. The van der Waals surface area contributed by atoms with Crippen LogP contribution in [0.4, 0.5) is 4.39 Å². The van der Waals surface area contributed by atoms with Gasteiger partial charge < -0.3 is 10.5 Å². The minimum atomic E-state index is -1.14. The molecule has 0 atom stereocenters. The van der Waals surface area contributed by atoms with Crippen LogP contribution in [0.3, 0.4) is 0 Å². The Morgan fingerprint density at radius 2 is 1.69 bits per heavy atom. The normalized spacial score (nSPS) is 26.8. The number of alkyl halides is 1. The first kappa shape index (κ1) is 10.4. The molecule has 2 N–H and O–H groups in total. The lowest BCUT2D eigenvalue weighted by Crippen LogP contribution is -2.39. The summed E-state index contributed by atoms with van der Waals surface area (Å²) in [6.45, 7) is 6.44. The summed E-state index contributed by atoms with van der Waals surface area (Å²) in [6, 6.07) is 0. The largest absolute Gasteiger partial charge is 0.367 e. The van der Waals surface area contributed by atoms with Gasteiger partial charge in [0.25, 0.3) is 5.91 Å². The van der Waals surface area contributed by atoms with E-state index in [-0.39, 0.29) is 0 Å². The van der Waals surface area contributed by atoms with Gasteiger partial charge in [0.05, 0.1) is 0 Å². The predicted octanol–water partition coefficient (Wildman–Crippen LogP) is 1.22. The van der Waals surface area contributed by atoms with Crippen LogP contribution >= 0.6 is 0 Å². The average molecular weight is 189 g/mol. The van der Waals surface area contributed by atoms with Gasteiger partial charge in [-0.15, -0.1) is 0 Å². The number of carbonyl (C=O) groups excluding carboxylic acids is 1. The SMILES string of the molecule is CC1(C)C(C)(C)C1(OCF)C(N)=O. The monoisotopic (exact) mass is 189 g/mol. The fourth-order valence-corrected chi connectivity index (χ4v) is 2.39. The maximum Gasteiger partial charge on any atom is 0.250 e. The van der Waals surface area contributed by atoms with Crippen LogP contribution in [0.15, 0.2) is 0 Å². The van der Waals surface area contributed by atoms with Crippen LogP contribution in [0.1, 0.15) is 27.7 Å². The average Bonchev–Trinajstić information content (AvgIpc) is 2.29. The third kappa shape index (κ3) is 0.843. The Bertz CT molecular complexity index is 234. The van der Waals surface area contributed by atoms with Crippen molar-refractivity contribution >= 4 is 5.91 Å². The van der Waals surface area contributed by atoms with Crippen LogP contribution in [0.2, 0.25) is 0 Å². The molecule has 4 heteroatoms. The molecule has 13 heavy (non-hydrogen) atoms. The van der Waals surface area contributed by atoms with E-state index in [0.29, 0.717) is 0 Å². The molecule has 0 radical (unpaired) electrons. The van der Waals surface area contributed by atoms with Crippen molar-refractivity contribution in [3.63, 3.8) is 0 Å². The summed E-state index contributed by atoms with van der Waals surface area (Å²) >= 11 is 0. The van der Waals surface area contributed by atoms with E-state index in [4.69, 9.17) is 10.5 Å². The molecule has 0 unspecified atom stereocenters. The summed E-state index contributed by atoms with van der Waals surface area (Å²) in [4.78, 5) is 11.2. The second-order valence-electron chi connectivity index (χ2n) is 4.55. The molecule has 0 bridgehead atoms. The van der Waals surface area contributed by atoms with Crippen molar-refractivity contribution in [1.29, 1.82) is 0 Å². The predicted molar refractivity (Wildman–Crippen MR) is 46.5 cm³/mol. The molecule has 1 aliphatic carbocycles. The molecule has 1 amide bonds. The quantitative estimate of drug-likeness (QED) is 0.725. The van der Waals surface area contributed by atoms with Gasteiger partial charge in [-0.05, 0) is 0 Å². The van der Waals surface area contributed by atoms with Gasteiger partial charge >= 0.3 is 0 Å². The van der Waals surface area contributed by atoms with E-state index in [9.17, 15) is 9.18 Å². The minimum Gasteiger partial charge on any atom is -0.367 e. The van der Waals surface area contributed by atoms with E-state index in [0.717, 1.165) is 0 Å². The van der Waals surface area contributed by atoms with Crippen molar-refractivity contribution in [3.8, 4) is 0 Å². The van der Waals surface area contributed by atoms with Crippen molar-refractivity contribution in [2.75, 3.05) is 6.86 Å². The number of nitrogens with two attached hydrogens (primary N) is 1. The first-order valence-corrected chi connectivity index (χ1v) is 4.25. The molecule has 76 valence electrons. The fourth-order valence-electron chi connectivity index (χ4n) is 2.39. The summed E-state index contributed by atoms with van der Waals surface area (Å²) in [5.41, 5.74) is 3.29. The number of halogens is 1. The van der Waals surface area contributed by atoms with Gasteiger partial charge in [0, 0.05) is 10.8 Å². The highest BCUT2D eigenvalue weighted by Crippen LogP contribution is 2.73. The number of carbonyl (C=O) groups is 1. The standard InChI is InChI=1S/C9H16FNO2/c1-7(2)8(3,4)9(7,6(11)12)13-5-10/h5H2,1-4H3,(H2,11,12). The Hall–Kier alpha value is -0.640. The first-order chi connectivity index (χ1) is 5.75. The molecule has 3 nitrogen and oxygen atoms in total. The summed E-state index contributed by atoms with van der Waals surface area (Å²) in [6.07, 6.45) is 0. The van der Waals surface area contributed by atoms with E-state index in [1.165, 1.54) is 0 Å². The van der Waals surface area contributed by atoms with Gasteiger partial charge in [-0.3, -0.25) is 4.79 Å². The van der Waals surface area contributed by atoms with E-state index in [1.54, 1.807) is 0 Å². The van der Waals surface area contributed by atoms with Crippen LogP contribution in [-0.2, 0) is 9.53 Å². The third-order valence-electron chi connectivity index (χ3n) is 3.88. The van der Waals surface area contributed by atoms with E-state index >= 15 is 0 Å². The lowest BCUT2D eigenvalue weighted by molar-refractivity contribution is -0.142. The molecule has 0 spiro atoms. The first-order valence-electron chi connectivity index (χ1n) is 4.25. The van der Waals surface area contributed by atoms with Crippen molar-refractivity contribution in [1.82, 2.24) is 0 Å². The maximum atomic E-state index is 12.1. The van der Waals surface area contributed by atoms with Crippen LogP contribution in [0.5, 0.6) is 0 Å². The molecule has 0 saturated heterocycles. The van der Waals surface area contributed by atoms with Gasteiger partial charge in [-0.1, -0.05) is 27.7 Å². The summed E-state index contributed by atoms with van der Waals surface area (Å²) in [5.74, 6) is -0.583. The fraction of sp³-hybridized carbons (Fsp3) is 0.889. The van der Waals surface area contributed by atoms with Gasteiger partial charge in [0.1, 0.15) is 0 Å². The van der Waals surface area contributed by atoms with Gasteiger partial charge in [0.2, 0.25) is 0 Å². The Kier molecular flexibility index (Phi) is 1.96. The van der Waals surface area contributed by atoms with Crippen LogP contribution in [-0.4, -0.2) is 18.4 Å². The number of rotatable bonds is 3. The molecule has 0 heterocycles. The number of hydrogen-bond acceptors (Lipinski definition) is 2. The molecular formula is C9H16FNO2. The zero-order valence-corrected chi connectivity index (χ0v) is 8.48. The lowest BCUT2D eigenvalue weighted by atomic mass is 10.0. The van der Waals surface area contributed by atoms with Gasteiger partial charge in [-0.25, -0.2) is 4.39 Å². The van der Waals surface area contributed by atoms with Crippen molar-refractivity contribution in [2.45, 2.75) is 33.3 Å². The van der Waals surface area contributed by atoms with Crippen molar-refractivity contribution < 1.29 is 13.9 Å². The number of primary amides is 1. The highest BCUT2D eigenvalue weighted by molar-refractivity contribution is 5.90. The van der Waals surface area contributed by atoms with Crippen LogP contribution < -0.4 is 5.73 Å².